The van der Waals surface area contributed by atoms with Crippen LogP contribution in [0, 0.1) is 5.92 Å². The van der Waals surface area contributed by atoms with Gasteiger partial charge in [-0.15, -0.1) is 0 Å². The highest BCUT2D eigenvalue weighted by atomic mass is 16.5. The Bertz CT molecular complexity index is 990. The van der Waals surface area contributed by atoms with Crippen molar-refractivity contribution < 1.29 is 29.0 Å². The van der Waals surface area contributed by atoms with Gasteiger partial charge in [-0.1, -0.05) is 12.2 Å². The summed E-state index contributed by atoms with van der Waals surface area (Å²) in [4.78, 5) is 41.8. The van der Waals surface area contributed by atoms with E-state index in [4.69, 9.17) is 9.47 Å². The van der Waals surface area contributed by atoms with E-state index in [9.17, 15) is 19.5 Å². The first-order chi connectivity index (χ1) is 15.9. The predicted molar refractivity (Wildman–Crippen MR) is 116 cm³/mol. The van der Waals surface area contributed by atoms with Gasteiger partial charge in [-0.05, 0) is 6.42 Å². The molecular formula is C21H28N6O6. The van der Waals surface area contributed by atoms with Crippen LogP contribution in [0.15, 0.2) is 11.2 Å². The molecule has 2 saturated heterocycles. The first-order valence-corrected chi connectivity index (χ1v) is 10.9. The van der Waals surface area contributed by atoms with E-state index in [0.29, 0.717) is 52.6 Å². The van der Waals surface area contributed by atoms with E-state index in [1.54, 1.807) is 29.0 Å². The highest BCUT2D eigenvalue weighted by molar-refractivity contribution is 6.44. The second-order valence-corrected chi connectivity index (χ2v) is 8.06. The first kappa shape index (κ1) is 22.9. The summed E-state index contributed by atoms with van der Waals surface area (Å²) in [5.41, 5.74) is 0.584. The molecule has 3 aliphatic rings. The van der Waals surface area contributed by atoms with Gasteiger partial charge in [0, 0.05) is 40.3 Å². The minimum atomic E-state index is -0.737. The van der Waals surface area contributed by atoms with E-state index < -0.39 is 5.92 Å². The molecule has 0 bridgehead atoms. The molecule has 12 nitrogen and oxygen atoms in total. The van der Waals surface area contributed by atoms with Crippen molar-refractivity contribution in [2.24, 2.45) is 18.1 Å². The summed E-state index contributed by atoms with van der Waals surface area (Å²) in [6.07, 6.45) is 3.42. The summed E-state index contributed by atoms with van der Waals surface area (Å²) in [6, 6.07) is 0. The zero-order valence-corrected chi connectivity index (χ0v) is 18.8. The predicted octanol–water partition coefficient (Wildman–Crippen LogP) is -0.696. The maximum Gasteiger partial charge on any atom is 0.275 e. The van der Waals surface area contributed by atoms with Gasteiger partial charge >= 0.3 is 0 Å². The monoisotopic (exact) mass is 460 g/mol. The second-order valence-electron chi connectivity index (χ2n) is 8.06. The Morgan fingerprint density at radius 3 is 2.21 bits per heavy atom. The molecule has 178 valence electrons. The van der Waals surface area contributed by atoms with Crippen LogP contribution in [0.3, 0.4) is 0 Å². The fraction of sp³-hybridized carbons (Fsp3) is 0.571. The summed E-state index contributed by atoms with van der Waals surface area (Å²) in [5.74, 6) is -1.75. The lowest BCUT2D eigenvalue weighted by molar-refractivity contribution is -0.131. The van der Waals surface area contributed by atoms with Gasteiger partial charge in [0.15, 0.2) is 5.69 Å². The lowest BCUT2D eigenvalue weighted by atomic mass is 9.97. The first-order valence-electron chi connectivity index (χ1n) is 10.9. The smallest absolute Gasteiger partial charge is 0.275 e. The molecule has 0 spiro atoms. The third-order valence-corrected chi connectivity index (χ3v) is 5.93. The maximum atomic E-state index is 12.9. The number of nitrogens with zero attached hydrogens (tertiary/aromatic N) is 6. The van der Waals surface area contributed by atoms with E-state index in [1.807, 2.05) is 0 Å². The Balaban J connectivity index is 1.51. The van der Waals surface area contributed by atoms with Crippen molar-refractivity contribution >= 4 is 29.5 Å². The number of aryl methyl sites for hydroxylation is 1. The number of allylic oxidation sites excluding steroid dienone is 1. The number of rotatable bonds is 5. The fourth-order valence-electron chi connectivity index (χ4n) is 4.04. The summed E-state index contributed by atoms with van der Waals surface area (Å²) in [6.45, 7) is 3.61. The summed E-state index contributed by atoms with van der Waals surface area (Å²) >= 11 is 0. The molecule has 2 fully saturated rings. The zero-order valence-electron chi connectivity index (χ0n) is 18.8. The molecule has 3 aliphatic heterocycles. The van der Waals surface area contributed by atoms with Crippen LogP contribution in [-0.4, -0.2) is 113 Å². The average molecular weight is 460 g/mol. The van der Waals surface area contributed by atoms with E-state index >= 15 is 0 Å². The van der Waals surface area contributed by atoms with Crippen LogP contribution in [0.2, 0.25) is 0 Å². The van der Waals surface area contributed by atoms with Gasteiger partial charge in [-0.25, -0.2) is 9.69 Å². The number of amides is 3. The van der Waals surface area contributed by atoms with Crippen molar-refractivity contribution in [1.29, 1.82) is 0 Å². The molecule has 1 N–H and O–H groups in total. The van der Waals surface area contributed by atoms with E-state index in [2.05, 4.69) is 10.2 Å². The van der Waals surface area contributed by atoms with Gasteiger partial charge in [-0.3, -0.25) is 14.4 Å². The van der Waals surface area contributed by atoms with Crippen LogP contribution >= 0.6 is 0 Å². The van der Waals surface area contributed by atoms with Crippen molar-refractivity contribution in [3.63, 3.8) is 0 Å². The summed E-state index contributed by atoms with van der Waals surface area (Å²) in [5, 5.41) is 20.0. The molecule has 0 radical (unpaired) electrons. The molecule has 0 saturated carbocycles. The number of carbonyl (C=O) groups is 3. The Morgan fingerprint density at radius 2 is 1.61 bits per heavy atom. The van der Waals surface area contributed by atoms with E-state index in [-0.39, 0.29) is 47.0 Å². The number of ether oxygens (including phenoxy) is 2. The van der Waals surface area contributed by atoms with Crippen molar-refractivity contribution in [3.05, 3.63) is 17.3 Å². The SMILES string of the molecule is CN1N=C(C(=O)N2CCOCC2)C(CC=Cc2c(C(=O)N3CCOCC3)nn(C)c2O)C1=O. The molecule has 33 heavy (non-hydrogen) atoms. The summed E-state index contributed by atoms with van der Waals surface area (Å²) < 4.78 is 11.8. The fourth-order valence-corrected chi connectivity index (χ4v) is 4.04. The Labute approximate surface area is 191 Å². The van der Waals surface area contributed by atoms with Crippen molar-refractivity contribution in [2.45, 2.75) is 6.42 Å². The molecule has 4 heterocycles. The Kier molecular flexibility index (Phi) is 6.75. The molecule has 0 aromatic carbocycles. The third kappa shape index (κ3) is 4.62. The zero-order chi connectivity index (χ0) is 23.5. The normalized spacial score (nSPS) is 21.8. The van der Waals surface area contributed by atoms with Crippen LogP contribution in [-0.2, 0) is 26.1 Å². The highest BCUT2D eigenvalue weighted by Gasteiger charge is 2.39. The lowest BCUT2D eigenvalue weighted by Gasteiger charge is -2.27. The maximum absolute atomic E-state index is 12.9. The molecule has 12 heteroatoms. The van der Waals surface area contributed by atoms with E-state index in [1.165, 1.54) is 16.7 Å². The average Bonchev–Trinajstić information content (AvgIpc) is 3.29. The molecule has 1 unspecified atom stereocenters. The molecule has 1 aromatic rings. The van der Waals surface area contributed by atoms with Crippen LogP contribution in [0.4, 0.5) is 0 Å². The number of hydrazone groups is 1. The molecule has 0 aliphatic carbocycles. The molecule has 4 rings (SSSR count). The largest absolute Gasteiger partial charge is 0.493 e. The highest BCUT2D eigenvalue weighted by Crippen LogP contribution is 2.26. The van der Waals surface area contributed by atoms with Crippen LogP contribution in [0.1, 0.15) is 22.5 Å². The van der Waals surface area contributed by atoms with Crippen molar-refractivity contribution in [3.8, 4) is 5.88 Å². The number of morpholine rings is 2. The quantitative estimate of drug-likeness (QED) is 0.615. The molecule has 3 amide bonds. The molecule has 1 aromatic heterocycles. The van der Waals surface area contributed by atoms with Crippen molar-refractivity contribution in [1.82, 2.24) is 24.6 Å². The van der Waals surface area contributed by atoms with Gasteiger partial charge in [0.1, 0.15) is 5.71 Å². The third-order valence-electron chi connectivity index (χ3n) is 5.93. The minimum Gasteiger partial charge on any atom is -0.493 e. The Morgan fingerprint density at radius 1 is 1.03 bits per heavy atom. The summed E-state index contributed by atoms with van der Waals surface area (Å²) in [7, 11) is 3.06. The van der Waals surface area contributed by atoms with Crippen LogP contribution in [0.5, 0.6) is 5.88 Å². The van der Waals surface area contributed by atoms with Crippen molar-refractivity contribution in [2.75, 3.05) is 59.7 Å². The lowest BCUT2D eigenvalue weighted by Crippen LogP contribution is -2.45. The topological polar surface area (TPSA) is 130 Å². The number of aromatic hydroxyl groups is 1. The van der Waals surface area contributed by atoms with Crippen LogP contribution < -0.4 is 0 Å². The number of hydrogen-bond donors (Lipinski definition) is 1. The second kappa shape index (κ2) is 9.71. The van der Waals surface area contributed by atoms with Gasteiger partial charge < -0.3 is 24.4 Å². The van der Waals surface area contributed by atoms with Gasteiger partial charge in [0.25, 0.3) is 17.7 Å². The number of hydrogen-bond acceptors (Lipinski definition) is 8. The molecular weight excluding hydrogens is 432 g/mol. The van der Waals surface area contributed by atoms with Gasteiger partial charge in [0.05, 0.1) is 37.9 Å². The Hall–Kier alpha value is -3.25. The standard InChI is InChI=1S/C21H28N6O6/c1-24-18(28)14(16(22-24)20(30)26-6-10-32-11-7-26)4-3-5-15-17(23-25(2)19(15)29)21(31)27-8-12-33-13-9-27/h3-4,15,28H,5-13H2,1-2H3. The van der Waals surface area contributed by atoms with E-state index in [0.717, 1.165) is 0 Å². The minimum absolute atomic E-state index is 0.126. The van der Waals surface area contributed by atoms with Gasteiger partial charge in [-0.2, -0.15) is 10.2 Å². The van der Waals surface area contributed by atoms with Crippen LogP contribution in [0.25, 0.3) is 6.08 Å². The number of aromatic nitrogens is 2. The number of carbonyl (C=O) groups excluding carboxylic acids is 3. The molecule has 1 atom stereocenters. The van der Waals surface area contributed by atoms with Gasteiger partial charge in [0.2, 0.25) is 5.88 Å².